The van der Waals surface area contributed by atoms with Crippen LogP contribution in [-0.2, 0) is 6.42 Å². The number of hydrogen-bond acceptors (Lipinski definition) is 6. The average molecular weight is 284 g/mol. The van der Waals surface area contributed by atoms with Gasteiger partial charge in [0.1, 0.15) is 0 Å². The maximum Gasteiger partial charge on any atom is 0.276 e. The lowest BCUT2D eigenvalue weighted by Gasteiger charge is -2.35. The van der Waals surface area contributed by atoms with Crippen LogP contribution in [0.25, 0.3) is 0 Å². The van der Waals surface area contributed by atoms with Crippen molar-refractivity contribution in [1.82, 2.24) is 0 Å². The fourth-order valence-electron chi connectivity index (χ4n) is 1.58. The van der Waals surface area contributed by atoms with E-state index in [4.69, 9.17) is 0 Å². The molecule has 0 heterocycles. The average Bonchev–Trinajstić information content (AvgIpc) is 2.26. The monoisotopic (exact) mass is 284 g/mol. The Balaban J connectivity index is 3.25. The number of benzene rings is 1. The number of aliphatic hydroxyl groups is 2. The third kappa shape index (κ3) is 3.49. The zero-order valence-corrected chi connectivity index (χ0v) is 11.4. The van der Waals surface area contributed by atoms with Gasteiger partial charge in [-0.25, -0.2) is 0 Å². The van der Waals surface area contributed by atoms with Gasteiger partial charge in [-0.15, -0.1) is 0 Å². The highest BCUT2D eigenvalue weighted by Crippen LogP contribution is 2.29. The molecule has 1 rings (SSSR count). The molecule has 0 aliphatic carbocycles. The summed E-state index contributed by atoms with van der Waals surface area (Å²) in [6.45, 7) is 4.13. The minimum Gasteiger partial charge on any atom is -0.387 e. The lowest BCUT2D eigenvalue weighted by atomic mass is 9.82. The van der Waals surface area contributed by atoms with Crippen LogP contribution in [-0.4, -0.2) is 31.3 Å². The highest BCUT2D eigenvalue weighted by atomic mass is 16.6. The van der Waals surface area contributed by atoms with Crippen LogP contribution in [0.3, 0.4) is 0 Å². The van der Waals surface area contributed by atoms with Crippen LogP contribution >= 0.6 is 0 Å². The number of nitro groups is 2. The molecular formula is C12H16N2O6. The molecular weight excluding hydrogens is 268 g/mol. The lowest BCUT2D eigenvalue weighted by molar-refractivity contribution is -0.394. The molecule has 1 atom stereocenters. The van der Waals surface area contributed by atoms with Crippen molar-refractivity contribution in [3.8, 4) is 0 Å². The Morgan fingerprint density at radius 2 is 1.40 bits per heavy atom. The van der Waals surface area contributed by atoms with Crippen molar-refractivity contribution in [3.05, 3.63) is 44.0 Å². The zero-order valence-electron chi connectivity index (χ0n) is 11.4. The number of nitrogens with zero attached hydrogens (tertiary/aromatic N) is 2. The molecule has 1 unspecified atom stereocenters. The minimum absolute atomic E-state index is 0.154. The Bertz CT molecular complexity index is 515. The number of rotatable bonds is 5. The molecule has 0 saturated carbocycles. The first kappa shape index (κ1) is 16.0. The molecule has 2 N–H and O–H groups in total. The van der Waals surface area contributed by atoms with Gasteiger partial charge in [0.2, 0.25) is 0 Å². The topological polar surface area (TPSA) is 127 Å². The molecule has 110 valence electrons. The molecule has 0 radical (unpaired) electrons. The summed E-state index contributed by atoms with van der Waals surface area (Å²) in [5.74, 6) is 0. The molecule has 0 spiro atoms. The first-order chi connectivity index (χ1) is 8.94. The maximum atomic E-state index is 10.8. The van der Waals surface area contributed by atoms with E-state index in [1.807, 2.05) is 0 Å². The van der Waals surface area contributed by atoms with Crippen LogP contribution in [0.2, 0.25) is 0 Å². The first-order valence-electron chi connectivity index (χ1n) is 5.81. The first-order valence-corrected chi connectivity index (χ1v) is 5.81. The van der Waals surface area contributed by atoms with Gasteiger partial charge >= 0.3 is 0 Å². The van der Waals surface area contributed by atoms with Gasteiger partial charge in [-0.2, -0.15) is 0 Å². The van der Waals surface area contributed by atoms with Gasteiger partial charge in [0.15, 0.2) is 0 Å². The van der Waals surface area contributed by atoms with Crippen LogP contribution in [0.15, 0.2) is 18.2 Å². The van der Waals surface area contributed by atoms with E-state index in [1.54, 1.807) is 0 Å². The second kappa shape index (κ2) is 5.14. The molecule has 0 aliphatic rings. The van der Waals surface area contributed by atoms with E-state index in [0.29, 0.717) is 0 Å². The van der Waals surface area contributed by atoms with Gasteiger partial charge in [0.25, 0.3) is 11.4 Å². The molecule has 0 amide bonds. The van der Waals surface area contributed by atoms with Crippen LogP contribution in [0.4, 0.5) is 11.4 Å². The van der Waals surface area contributed by atoms with E-state index in [1.165, 1.54) is 20.8 Å². The molecule has 8 nitrogen and oxygen atoms in total. The van der Waals surface area contributed by atoms with Crippen LogP contribution in [0.1, 0.15) is 26.3 Å². The molecule has 0 fully saturated rings. The Morgan fingerprint density at radius 1 is 1.00 bits per heavy atom. The lowest BCUT2D eigenvalue weighted by Crippen LogP contribution is -2.49. The van der Waals surface area contributed by atoms with Crippen molar-refractivity contribution < 1.29 is 20.1 Å². The summed E-state index contributed by atoms with van der Waals surface area (Å²) < 4.78 is 0. The molecule has 1 aromatic rings. The van der Waals surface area contributed by atoms with Crippen LogP contribution in [0, 0.1) is 20.2 Å². The summed E-state index contributed by atoms with van der Waals surface area (Å²) in [6, 6.07) is 3.14. The van der Waals surface area contributed by atoms with Gasteiger partial charge in [0.05, 0.1) is 27.1 Å². The second-order valence-corrected chi connectivity index (χ2v) is 5.38. The maximum absolute atomic E-state index is 10.8. The van der Waals surface area contributed by atoms with Gasteiger partial charge in [0, 0.05) is 18.6 Å². The van der Waals surface area contributed by atoms with Gasteiger partial charge in [-0.05, 0) is 26.3 Å². The van der Waals surface area contributed by atoms with Crippen molar-refractivity contribution in [1.29, 1.82) is 0 Å². The summed E-state index contributed by atoms with van der Waals surface area (Å²) in [6.07, 6.45) is -0.154. The van der Waals surface area contributed by atoms with Crippen LogP contribution in [0.5, 0.6) is 0 Å². The fourth-order valence-corrected chi connectivity index (χ4v) is 1.58. The van der Waals surface area contributed by atoms with Crippen LogP contribution < -0.4 is 0 Å². The standard InChI is InChI=1S/C12H16N2O6/c1-11(2,15)12(3,16)7-8-4-9(13(17)18)6-10(5-8)14(19)20/h4-6,15-16H,7H2,1-3H3. The predicted molar refractivity (Wildman–Crippen MR) is 70.4 cm³/mol. The fraction of sp³-hybridized carbons (Fsp3) is 0.500. The quantitative estimate of drug-likeness (QED) is 0.624. The third-order valence-electron chi connectivity index (χ3n) is 3.25. The zero-order chi connectivity index (χ0) is 15.7. The van der Waals surface area contributed by atoms with Crippen molar-refractivity contribution in [2.24, 2.45) is 0 Å². The van der Waals surface area contributed by atoms with Gasteiger partial charge in [-0.1, -0.05) is 0 Å². The van der Waals surface area contributed by atoms with Crippen molar-refractivity contribution in [2.45, 2.75) is 38.4 Å². The van der Waals surface area contributed by atoms with E-state index in [-0.39, 0.29) is 12.0 Å². The number of nitro benzene ring substituents is 2. The third-order valence-corrected chi connectivity index (χ3v) is 3.25. The van der Waals surface area contributed by atoms with E-state index >= 15 is 0 Å². The Hall–Kier alpha value is -2.06. The molecule has 0 aromatic heterocycles. The van der Waals surface area contributed by atoms with E-state index in [9.17, 15) is 30.4 Å². The van der Waals surface area contributed by atoms with E-state index in [0.717, 1.165) is 18.2 Å². The largest absolute Gasteiger partial charge is 0.387 e. The Morgan fingerprint density at radius 3 is 1.70 bits per heavy atom. The molecule has 20 heavy (non-hydrogen) atoms. The summed E-state index contributed by atoms with van der Waals surface area (Å²) in [7, 11) is 0. The van der Waals surface area contributed by atoms with Crippen molar-refractivity contribution >= 4 is 11.4 Å². The van der Waals surface area contributed by atoms with Crippen molar-refractivity contribution in [3.63, 3.8) is 0 Å². The highest BCUT2D eigenvalue weighted by molar-refractivity contribution is 5.47. The summed E-state index contributed by atoms with van der Waals surface area (Å²) in [5.41, 5.74) is -3.71. The van der Waals surface area contributed by atoms with Gasteiger partial charge < -0.3 is 10.2 Å². The van der Waals surface area contributed by atoms with E-state index in [2.05, 4.69) is 0 Å². The summed E-state index contributed by atoms with van der Waals surface area (Å²) in [4.78, 5) is 20.0. The normalized spacial score (nSPS) is 14.7. The summed E-state index contributed by atoms with van der Waals surface area (Å²) >= 11 is 0. The number of hydrogen-bond donors (Lipinski definition) is 2. The SMILES string of the molecule is CC(C)(O)C(C)(O)Cc1cc([N+](=O)[O-])cc([N+](=O)[O-])c1. The van der Waals surface area contributed by atoms with Gasteiger partial charge in [-0.3, -0.25) is 20.2 Å². The molecule has 0 bridgehead atoms. The molecule has 0 saturated heterocycles. The molecule has 8 heteroatoms. The minimum atomic E-state index is -1.59. The Kier molecular flexibility index (Phi) is 4.11. The number of non-ortho nitro benzene ring substituents is 2. The smallest absolute Gasteiger partial charge is 0.276 e. The van der Waals surface area contributed by atoms with Crippen molar-refractivity contribution in [2.75, 3.05) is 0 Å². The predicted octanol–water partition coefficient (Wildman–Crippen LogP) is 1.57. The summed E-state index contributed by atoms with van der Waals surface area (Å²) in [5, 5.41) is 41.5. The second-order valence-electron chi connectivity index (χ2n) is 5.38. The van der Waals surface area contributed by atoms with E-state index < -0.39 is 32.4 Å². The Labute approximate surface area is 115 Å². The highest BCUT2D eigenvalue weighted by Gasteiger charge is 2.38. The molecule has 0 aliphatic heterocycles. The molecule has 1 aromatic carbocycles.